The molecule has 0 amide bonds. The van der Waals surface area contributed by atoms with Crippen molar-refractivity contribution in [2.75, 3.05) is 60.6 Å². The van der Waals surface area contributed by atoms with Crippen molar-refractivity contribution in [3.05, 3.63) is 107 Å². The Labute approximate surface area is 469 Å². The number of Topliss-reactive ketones (excluding diaryl/α,β-unsaturated/α-hetero) is 1. The summed E-state index contributed by atoms with van der Waals surface area (Å²) in [7, 11) is 4.73. The summed E-state index contributed by atoms with van der Waals surface area (Å²) in [6, 6.07) is 8.81. The molecule has 0 aromatic carbocycles. The molecule has 77 heavy (non-hydrogen) atoms. The fraction of sp³-hybridized carbons (Fsp3) is 0.491. The van der Waals surface area contributed by atoms with Crippen LogP contribution in [0.25, 0.3) is 0 Å². The van der Waals surface area contributed by atoms with Crippen molar-refractivity contribution in [3.8, 4) is 0 Å². The number of carbonyl (C=O) groups is 2. The number of fused-ring (bicyclic) bond motifs is 2. The molecule has 406 valence electrons. The number of H-pyrrole nitrogens is 2. The number of halogens is 3. The van der Waals surface area contributed by atoms with Crippen LogP contribution in [-0.2, 0) is 55.9 Å². The van der Waals surface area contributed by atoms with Crippen molar-refractivity contribution >= 4 is 75.7 Å². The Bertz CT molecular complexity index is 2890. The van der Waals surface area contributed by atoms with E-state index in [-0.39, 0.29) is 65.8 Å². The average molecular weight is 1090 g/mol. The standard InChI is InChI=1S/C25H28FN7O2.C20H26N6O3.C5H5FN2.C3H7.ClH.Mg/c1-35-16-10-20(21(34)9-14-5-8-22(26)27-12-14)33(13-16)25-28-18-4-2-3-17(18)24(30-25)29-23-11-19(31-32-23)15-6-7-15;1-28-12-8-16(19(27)29-2)26(10-12)20-21-14-5-3-4-13(14)18(23-20)22-17-9-15(24-25-17)11-6-7-11;6-5-2-1-4(7)3-8-5;1-3-2;;/h5,8,11-12,15-16,20H,2-4,6-7,9-10,13H2,1H3,(H2,28,29,30,31,32);9,11-12,16H,3-8,10H2,1-2H3,(H2,21,22,23,24,25);1-3H,7H2;3H,1-2H3;1H;/q;;;-1;;+2/p-1/t16-,20?;12-,16?;;;;/m11..../s1. The molecule has 4 fully saturated rings. The number of nitrogens with one attached hydrogen (secondary N) is 4. The number of hydrogen-bond donors (Lipinski definition) is 5. The predicted octanol–water partition coefficient (Wildman–Crippen LogP) is 3.98. The first-order chi connectivity index (χ1) is 36.4. The molecule has 2 unspecified atom stereocenters. The molecular formula is C53H66ClF2MgN15O5. The Balaban J connectivity index is 0.000000185. The van der Waals surface area contributed by atoms with E-state index in [1.165, 1.54) is 69.1 Å². The maximum Gasteiger partial charge on any atom is 2.00 e. The fourth-order valence-corrected chi connectivity index (χ4v) is 9.81. The summed E-state index contributed by atoms with van der Waals surface area (Å²) in [6.45, 7) is 5.09. The third-order valence-electron chi connectivity index (χ3n) is 14.0. The van der Waals surface area contributed by atoms with Crippen LogP contribution in [-0.4, -0.2) is 144 Å². The molecule has 8 heterocycles. The second-order valence-electron chi connectivity index (χ2n) is 19.7. The maximum atomic E-state index is 13.3. The van der Waals surface area contributed by atoms with E-state index in [1.807, 2.05) is 30.1 Å². The van der Waals surface area contributed by atoms with E-state index in [4.69, 9.17) is 39.9 Å². The second-order valence-corrected chi connectivity index (χ2v) is 19.7. The van der Waals surface area contributed by atoms with E-state index in [0.717, 1.165) is 90.0 Å². The summed E-state index contributed by atoms with van der Waals surface area (Å²) in [5, 5.41) is 21.9. The number of aromatic amines is 2. The van der Waals surface area contributed by atoms with Gasteiger partial charge < -0.3 is 59.2 Å². The summed E-state index contributed by atoms with van der Waals surface area (Å²) in [6.07, 6.45) is 16.4. The van der Waals surface area contributed by atoms with Crippen LogP contribution in [0, 0.1) is 18.3 Å². The molecule has 20 nitrogen and oxygen atoms in total. The summed E-state index contributed by atoms with van der Waals surface area (Å²) < 4.78 is 41.2. The second kappa shape index (κ2) is 27.0. The third kappa shape index (κ3) is 14.7. The topological polar surface area (TPSA) is 253 Å². The number of nitrogen functional groups attached to an aromatic ring is 1. The summed E-state index contributed by atoms with van der Waals surface area (Å²) in [5.74, 6) is 3.99. The van der Waals surface area contributed by atoms with Gasteiger partial charge in [0.1, 0.15) is 17.7 Å². The van der Waals surface area contributed by atoms with Gasteiger partial charge in [-0.1, -0.05) is 6.07 Å². The Morgan fingerprint density at radius 1 is 0.714 bits per heavy atom. The first-order valence-electron chi connectivity index (χ1n) is 25.8. The number of ether oxygens (including phenoxy) is 3. The van der Waals surface area contributed by atoms with Crippen LogP contribution in [0.15, 0.2) is 48.8 Å². The third-order valence-corrected chi connectivity index (χ3v) is 14.0. The van der Waals surface area contributed by atoms with Gasteiger partial charge in [-0.15, -0.1) is 0 Å². The zero-order valence-corrected chi connectivity index (χ0v) is 46.4. The largest absolute Gasteiger partial charge is 2.00 e. The van der Waals surface area contributed by atoms with Crippen LogP contribution in [0.3, 0.4) is 0 Å². The molecule has 12 rings (SSSR count). The average Bonchev–Trinajstić information content (AvgIpc) is 3.90. The molecule has 4 atom stereocenters. The Morgan fingerprint density at radius 2 is 1.19 bits per heavy atom. The summed E-state index contributed by atoms with van der Waals surface area (Å²) in [5.41, 5.74) is 13.0. The number of pyridine rings is 2. The van der Waals surface area contributed by atoms with Crippen molar-refractivity contribution in [1.29, 1.82) is 0 Å². The molecule has 2 saturated carbocycles. The SMILES string of the molecule is COC(=O)C1C[C@@H](OC)CN1c1nc2c(c(Nc3cc(C4CC4)[nH]n3)n1)CCC2.CO[C@@H]1CC(C(=O)Cc2ccc(F)nc2)N(c2nc3c(c(Nc4cc(C5CC5)[nH]n4)n2)CCC3)C1.C[CH-]C.Nc1ccc(F)nc1.[Cl-].[Mg+2]. The first-order valence-corrected chi connectivity index (χ1v) is 25.8. The number of esters is 1. The smallest absolute Gasteiger partial charge is 1.00 e. The zero-order chi connectivity index (χ0) is 52.6. The number of ketones is 1. The molecule has 0 radical (unpaired) electrons. The quantitative estimate of drug-likeness (QED) is 0.0448. The Morgan fingerprint density at radius 3 is 1.62 bits per heavy atom. The Hall–Kier alpha value is -6.14. The number of aryl methyl sites for hydroxylation is 2. The minimum absolute atomic E-state index is 0. The van der Waals surface area contributed by atoms with Gasteiger partial charge in [-0.25, -0.2) is 24.7 Å². The van der Waals surface area contributed by atoms with Crippen molar-refractivity contribution in [2.45, 2.75) is 133 Å². The predicted molar refractivity (Wildman–Crippen MR) is 284 cm³/mol. The van der Waals surface area contributed by atoms with E-state index >= 15 is 0 Å². The van der Waals surface area contributed by atoms with Crippen LogP contribution in [0.4, 0.5) is 49.6 Å². The number of aromatic nitrogens is 10. The van der Waals surface area contributed by atoms with Gasteiger partial charge in [0.2, 0.25) is 23.8 Å². The monoisotopic (exact) mass is 1090 g/mol. The van der Waals surface area contributed by atoms with E-state index < -0.39 is 24.0 Å². The van der Waals surface area contributed by atoms with Crippen LogP contribution in [0.2, 0.25) is 0 Å². The van der Waals surface area contributed by atoms with Crippen molar-refractivity contribution in [2.24, 2.45) is 0 Å². The molecule has 0 bridgehead atoms. The summed E-state index contributed by atoms with van der Waals surface area (Å²) in [4.78, 5) is 55.9. The van der Waals surface area contributed by atoms with Gasteiger partial charge in [0.25, 0.3) is 0 Å². The number of nitrogens with zero attached hydrogens (tertiary/aromatic N) is 10. The van der Waals surface area contributed by atoms with Gasteiger partial charge in [-0.3, -0.25) is 15.0 Å². The zero-order valence-electron chi connectivity index (χ0n) is 44.2. The normalized spacial score (nSPS) is 19.7. The van der Waals surface area contributed by atoms with Crippen LogP contribution < -0.4 is 38.6 Å². The molecule has 6 N–H and O–H groups in total. The van der Waals surface area contributed by atoms with Crippen LogP contribution >= 0.6 is 0 Å². The molecule has 0 spiro atoms. The van der Waals surface area contributed by atoms with Crippen molar-refractivity contribution in [1.82, 2.24) is 50.3 Å². The van der Waals surface area contributed by atoms with Crippen LogP contribution in [0.1, 0.15) is 117 Å². The molecule has 2 aliphatic heterocycles. The number of rotatable bonds is 14. The van der Waals surface area contributed by atoms with E-state index in [1.54, 1.807) is 20.3 Å². The molecule has 24 heteroatoms. The molecular weight excluding hydrogens is 1020 g/mol. The molecule has 6 aromatic heterocycles. The van der Waals surface area contributed by atoms with E-state index in [0.29, 0.717) is 60.9 Å². The number of hydrogen-bond acceptors (Lipinski definition) is 18. The molecule has 6 aliphatic rings. The minimum atomic E-state index is -0.559. The van der Waals surface area contributed by atoms with E-state index in [2.05, 4.69) is 53.1 Å². The van der Waals surface area contributed by atoms with Crippen molar-refractivity contribution < 1.29 is 45.0 Å². The number of nitrogens with two attached hydrogens (primary N) is 1. The molecule has 4 aliphatic carbocycles. The van der Waals surface area contributed by atoms with Gasteiger partial charge in [0.15, 0.2) is 17.4 Å². The van der Waals surface area contributed by atoms with E-state index in [9.17, 15) is 18.4 Å². The van der Waals surface area contributed by atoms with Crippen LogP contribution in [0.5, 0.6) is 0 Å². The maximum absolute atomic E-state index is 13.3. The first kappa shape index (κ1) is 58.5. The number of carbonyl (C=O) groups excluding carboxylic acids is 2. The summed E-state index contributed by atoms with van der Waals surface area (Å²) >= 11 is 0. The van der Waals surface area contributed by atoms with Gasteiger partial charge in [-0.05, 0) is 88.0 Å². The number of methoxy groups -OCH3 is 3. The number of anilines is 7. The van der Waals surface area contributed by atoms with Gasteiger partial charge in [0, 0.05) is 99.3 Å². The van der Waals surface area contributed by atoms with Crippen molar-refractivity contribution in [3.63, 3.8) is 0 Å². The van der Waals surface area contributed by atoms with Gasteiger partial charge in [0.05, 0.1) is 48.6 Å². The molecule has 2 saturated heterocycles. The minimum Gasteiger partial charge on any atom is -1.00 e. The molecule has 6 aromatic rings. The van der Waals surface area contributed by atoms with Gasteiger partial charge in [-0.2, -0.15) is 42.8 Å². The fourth-order valence-electron chi connectivity index (χ4n) is 9.81. The van der Waals surface area contributed by atoms with Gasteiger partial charge >= 0.3 is 29.0 Å². The Kier molecular flexibility index (Phi) is 20.5.